The first-order chi connectivity index (χ1) is 12.3. The number of amides is 1. The average molecular weight is 363 g/mol. The van der Waals surface area contributed by atoms with Crippen molar-refractivity contribution in [2.75, 3.05) is 45.1 Å². The molecule has 0 radical (unpaired) electrons. The van der Waals surface area contributed by atoms with Crippen LogP contribution in [0.2, 0.25) is 0 Å². The van der Waals surface area contributed by atoms with Gasteiger partial charge in [-0.15, -0.1) is 11.8 Å². The van der Waals surface area contributed by atoms with E-state index >= 15 is 0 Å². The number of benzene rings is 1. The largest absolute Gasteiger partial charge is 0.396 e. The van der Waals surface area contributed by atoms with Crippen LogP contribution in [0.3, 0.4) is 0 Å². The Labute approximate surface area is 155 Å². The van der Waals surface area contributed by atoms with Crippen molar-refractivity contribution in [3.8, 4) is 0 Å². The van der Waals surface area contributed by atoms with Crippen LogP contribution in [0.1, 0.15) is 42.5 Å². The molecule has 0 saturated carbocycles. The van der Waals surface area contributed by atoms with Crippen LogP contribution in [0.25, 0.3) is 0 Å². The molecular formula is C20H30N2O2S. The fourth-order valence-corrected chi connectivity index (χ4v) is 4.60. The van der Waals surface area contributed by atoms with E-state index in [-0.39, 0.29) is 12.5 Å². The van der Waals surface area contributed by atoms with Gasteiger partial charge in [-0.05, 0) is 69.0 Å². The molecular weight excluding hydrogens is 332 g/mol. The molecule has 5 heteroatoms. The Morgan fingerprint density at radius 2 is 1.84 bits per heavy atom. The highest BCUT2D eigenvalue weighted by Crippen LogP contribution is 2.23. The van der Waals surface area contributed by atoms with E-state index in [2.05, 4.69) is 4.90 Å². The molecule has 3 rings (SSSR count). The van der Waals surface area contributed by atoms with Crippen LogP contribution in [0.4, 0.5) is 0 Å². The van der Waals surface area contributed by atoms with Gasteiger partial charge >= 0.3 is 0 Å². The molecule has 1 aromatic carbocycles. The number of aliphatic hydroxyl groups is 1. The Hall–Kier alpha value is -1.04. The van der Waals surface area contributed by atoms with Crippen molar-refractivity contribution in [3.05, 3.63) is 29.8 Å². The Kier molecular flexibility index (Phi) is 7.20. The van der Waals surface area contributed by atoms with Crippen LogP contribution >= 0.6 is 11.8 Å². The number of hydrogen-bond donors (Lipinski definition) is 1. The molecule has 4 nitrogen and oxygen atoms in total. The standard InChI is InChI=1S/C20H30N2O2S/c23-13-14-25-19-8-6-18(7-9-19)20(24)22-12-4-5-17(16-22)15-21-10-2-1-3-11-21/h6-9,17,23H,1-5,10-16H2. The van der Waals surface area contributed by atoms with Gasteiger partial charge in [-0.1, -0.05) is 6.42 Å². The van der Waals surface area contributed by atoms with Gasteiger partial charge in [0.2, 0.25) is 0 Å². The lowest BCUT2D eigenvalue weighted by Gasteiger charge is -2.37. The average Bonchev–Trinajstić information content (AvgIpc) is 2.67. The van der Waals surface area contributed by atoms with Gasteiger partial charge in [0.25, 0.3) is 5.91 Å². The number of aliphatic hydroxyl groups excluding tert-OH is 1. The first-order valence-corrected chi connectivity index (χ1v) is 10.6. The Balaban J connectivity index is 1.54. The lowest BCUT2D eigenvalue weighted by Crippen LogP contribution is -2.44. The van der Waals surface area contributed by atoms with Crippen LogP contribution in [0.15, 0.2) is 29.2 Å². The minimum absolute atomic E-state index is 0.169. The number of carbonyl (C=O) groups is 1. The van der Waals surface area contributed by atoms with Gasteiger partial charge in [0.15, 0.2) is 0 Å². The summed E-state index contributed by atoms with van der Waals surface area (Å²) >= 11 is 1.62. The fourth-order valence-electron chi connectivity index (χ4n) is 3.95. The Morgan fingerprint density at radius 1 is 1.08 bits per heavy atom. The van der Waals surface area contributed by atoms with Crippen LogP contribution in [0, 0.1) is 5.92 Å². The molecule has 0 bridgehead atoms. The molecule has 2 aliphatic rings. The van der Waals surface area contributed by atoms with Crippen LogP contribution in [-0.2, 0) is 0 Å². The molecule has 1 atom stereocenters. The number of nitrogens with zero attached hydrogens (tertiary/aromatic N) is 2. The molecule has 1 amide bonds. The molecule has 1 N–H and O–H groups in total. The van der Waals surface area contributed by atoms with E-state index in [4.69, 9.17) is 5.11 Å². The maximum absolute atomic E-state index is 12.8. The van der Waals surface area contributed by atoms with Crippen molar-refractivity contribution < 1.29 is 9.90 Å². The van der Waals surface area contributed by atoms with Gasteiger partial charge in [0.1, 0.15) is 0 Å². The zero-order valence-electron chi connectivity index (χ0n) is 15.0. The van der Waals surface area contributed by atoms with Gasteiger partial charge in [-0.2, -0.15) is 0 Å². The predicted molar refractivity (Wildman–Crippen MR) is 103 cm³/mol. The summed E-state index contributed by atoms with van der Waals surface area (Å²) in [4.78, 5) is 18.6. The highest BCUT2D eigenvalue weighted by molar-refractivity contribution is 7.99. The molecule has 1 unspecified atom stereocenters. The number of hydrogen-bond acceptors (Lipinski definition) is 4. The molecule has 1 aromatic rings. The smallest absolute Gasteiger partial charge is 0.253 e. The lowest BCUT2D eigenvalue weighted by atomic mass is 9.96. The van der Waals surface area contributed by atoms with Crippen molar-refractivity contribution in [2.24, 2.45) is 5.92 Å². The number of piperidine rings is 2. The second-order valence-electron chi connectivity index (χ2n) is 7.22. The monoisotopic (exact) mass is 362 g/mol. The molecule has 2 heterocycles. The third-order valence-electron chi connectivity index (χ3n) is 5.23. The molecule has 0 spiro atoms. The van der Waals surface area contributed by atoms with Gasteiger partial charge in [0, 0.05) is 35.8 Å². The summed E-state index contributed by atoms with van der Waals surface area (Å²) in [7, 11) is 0. The lowest BCUT2D eigenvalue weighted by molar-refractivity contribution is 0.0631. The van der Waals surface area contributed by atoms with E-state index in [1.807, 2.05) is 29.2 Å². The third kappa shape index (κ3) is 5.47. The second-order valence-corrected chi connectivity index (χ2v) is 8.39. The summed E-state index contributed by atoms with van der Waals surface area (Å²) in [5.74, 6) is 1.48. The predicted octanol–water partition coefficient (Wildman–Crippen LogP) is 3.11. The van der Waals surface area contributed by atoms with Gasteiger partial charge in [0.05, 0.1) is 6.61 Å². The van der Waals surface area contributed by atoms with Crippen molar-refractivity contribution in [2.45, 2.75) is 37.0 Å². The maximum Gasteiger partial charge on any atom is 0.253 e. The van der Waals surface area contributed by atoms with E-state index in [0.29, 0.717) is 11.7 Å². The number of rotatable bonds is 6. The van der Waals surface area contributed by atoms with Gasteiger partial charge in [-0.3, -0.25) is 4.79 Å². The fraction of sp³-hybridized carbons (Fsp3) is 0.650. The summed E-state index contributed by atoms with van der Waals surface area (Å²) < 4.78 is 0. The topological polar surface area (TPSA) is 43.8 Å². The van der Waals surface area contributed by atoms with E-state index in [9.17, 15) is 4.79 Å². The maximum atomic E-state index is 12.8. The first kappa shape index (κ1) is 18.7. The van der Waals surface area contributed by atoms with Crippen molar-refractivity contribution in [1.82, 2.24) is 9.80 Å². The second kappa shape index (κ2) is 9.60. The minimum Gasteiger partial charge on any atom is -0.396 e. The quantitative estimate of drug-likeness (QED) is 0.790. The minimum atomic E-state index is 0.169. The molecule has 25 heavy (non-hydrogen) atoms. The summed E-state index contributed by atoms with van der Waals surface area (Å²) in [6.07, 6.45) is 6.40. The van der Waals surface area contributed by atoms with Crippen molar-refractivity contribution in [1.29, 1.82) is 0 Å². The number of carbonyl (C=O) groups excluding carboxylic acids is 1. The molecule has 2 fully saturated rings. The van der Waals surface area contributed by atoms with E-state index in [1.165, 1.54) is 38.8 Å². The zero-order valence-corrected chi connectivity index (χ0v) is 15.8. The Bertz CT molecular complexity index is 543. The summed E-state index contributed by atoms with van der Waals surface area (Å²) in [5, 5.41) is 8.90. The number of likely N-dealkylation sites (tertiary alicyclic amines) is 2. The summed E-state index contributed by atoms with van der Waals surface area (Å²) in [6, 6.07) is 7.83. The SMILES string of the molecule is O=C(c1ccc(SCCO)cc1)N1CCCC(CN2CCCCC2)C1. The molecule has 138 valence electrons. The van der Waals surface area contributed by atoms with Crippen LogP contribution in [-0.4, -0.2) is 65.9 Å². The number of thioether (sulfide) groups is 1. The third-order valence-corrected chi connectivity index (χ3v) is 6.22. The van der Waals surface area contributed by atoms with E-state index < -0.39 is 0 Å². The highest BCUT2D eigenvalue weighted by atomic mass is 32.2. The Morgan fingerprint density at radius 3 is 2.56 bits per heavy atom. The van der Waals surface area contributed by atoms with Gasteiger partial charge < -0.3 is 14.9 Å². The van der Waals surface area contributed by atoms with Crippen LogP contribution < -0.4 is 0 Å². The normalized spacial score (nSPS) is 22.1. The summed E-state index contributed by atoms with van der Waals surface area (Å²) in [6.45, 7) is 5.58. The summed E-state index contributed by atoms with van der Waals surface area (Å²) in [5.41, 5.74) is 0.784. The first-order valence-electron chi connectivity index (χ1n) is 9.61. The van der Waals surface area contributed by atoms with E-state index in [1.54, 1.807) is 11.8 Å². The molecule has 2 aliphatic heterocycles. The zero-order chi connectivity index (χ0) is 17.5. The van der Waals surface area contributed by atoms with Crippen molar-refractivity contribution in [3.63, 3.8) is 0 Å². The molecule has 0 aliphatic carbocycles. The molecule has 0 aromatic heterocycles. The van der Waals surface area contributed by atoms with E-state index in [0.717, 1.165) is 36.5 Å². The van der Waals surface area contributed by atoms with Crippen LogP contribution in [0.5, 0.6) is 0 Å². The van der Waals surface area contributed by atoms with Crippen molar-refractivity contribution >= 4 is 17.7 Å². The van der Waals surface area contributed by atoms with Gasteiger partial charge in [-0.25, -0.2) is 0 Å². The molecule has 2 saturated heterocycles. The highest BCUT2D eigenvalue weighted by Gasteiger charge is 2.26.